The predicted molar refractivity (Wildman–Crippen MR) is 119 cm³/mol. The van der Waals surface area contributed by atoms with Gasteiger partial charge in [-0.3, -0.25) is 9.48 Å². The number of aryl methyl sites for hydroxylation is 1. The summed E-state index contributed by atoms with van der Waals surface area (Å²) in [7, 11) is 0. The van der Waals surface area contributed by atoms with Gasteiger partial charge in [-0.15, -0.1) is 0 Å². The largest absolute Gasteiger partial charge is 0.395 e. The number of carbonyl (C=O) groups is 1. The third-order valence-electron chi connectivity index (χ3n) is 5.35. The highest BCUT2D eigenvalue weighted by molar-refractivity contribution is 5.96. The third kappa shape index (κ3) is 4.79. The third-order valence-corrected chi connectivity index (χ3v) is 5.35. The molecule has 168 valence electrons. The van der Waals surface area contributed by atoms with E-state index in [2.05, 4.69) is 20.7 Å². The first kappa shape index (κ1) is 21.9. The molecule has 1 aliphatic rings. The molecule has 0 radical (unpaired) electrons. The molecular weight excluding hydrogens is 413 g/mol. The molecule has 0 spiro atoms. The van der Waals surface area contributed by atoms with Crippen LogP contribution in [0.5, 0.6) is 0 Å². The van der Waals surface area contributed by atoms with Gasteiger partial charge in [0.15, 0.2) is 0 Å². The Hall–Kier alpha value is -3.30. The van der Waals surface area contributed by atoms with Crippen molar-refractivity contribution in [1.29, 1.82) is 0 Å². The molecule has 0 unspecified atom stereocenters. The topological polar surface area (TPSA) is 112 Å². The molecule has 0 saturated heterocycles. The van der Waals surface area contributed by atoms with E-state index >= 15 is 0 Å². The fourth-order valence-corrected chi connectivity index (χ4v) is 3.52. The maximum absolute atomic E-state index is 14.5. The second-order valence-corrected chi connectivity index (χ2v) is 7.88. The van der Waals surface area contributed by atoms with E-state index in [0.29, 0.717) is 30.0 Å². The maximum Gasteiger partial charge on any atom is 0.254 e. The molecule has 2 aromatic heterocycles. The zero-order valence-electron chi connectivity index (χ0n) is 17.8. The number of halogens is 1. The molecule has 1 aromatic carbocycles. The number of nitrogens with one attached hydrogen (secondary N) is 2. The first-order valence-electron chi connectivity index (χ1n) is 10.6. The van der Waals surface area contributed by atoms with Gasteiger partial charge in [0.2, 0.25) is 0 Å². The summed E-state index contributed by atoms with van der Waals surface area (Å²) in [6.07, 6.45) is 6.97. The van der Waals surface area contributed by atoms with Gasteiger partial charge < -0.3 is 20.8 Å². The van der Waals surface area contributed by atoms with Gasteiger partial charge in [0.1, 0.15) is 11.6 Å². The minimum Gasteiger partial charge on any atom is -0.395 e. The van der Waals surface area contributed by atoms with Crippen LogP contribution in [0.25, 0.3) is 22.3 Å². The van der Waals surface area contributed by atoms with E-state index in [0.717, 1.165) is 29.5 Å². The molecular formula is C23H26FN5O3. The number of aromatic nitrogens is 3. The van der Waals surface area contributed by atoms with Gasteiger partial charge in [-0.1, -0.05) is 0 Å². The number of pyridine rings is 1. The molecule has 32 heavy (non-hydrogen) atoms. The van der Waals surface area contributed by atoms with E-state index in [4.69, 9.17) is 5.11 Å². The Morgan fingerprint density at radius 1 is 1.16 bits per heavy atom. The van der Waals surface area contributed by atoms with Crippen molar-refractivity contribution in [3.63, 3.8) is 0 Å². The van der Waals surface area contributed by atoms with Crippen molar-refractivity contribution in [3.05, 3.63) is 53.7 Å². The smallest absolute Gasteiger partial charge is 0.254 e. The van der Waals surface area contributed by atoms with Gasteiger partial charge in [-0.2, -0.15) is 5.10 Å². The summed E-state index contributed by atoms with van der Waals surface area (Å²) in [5.41, 5.74) is 3.65. The number of nitrogens with zero attached hydrogens (tertiary/aromatic N) is 3. The lowest BCUT2D eigenvalue weighted by Gasteiger charge is -2.14. The Morgan fingerprint density at radius 3 is 2.69 bits per heavy atom. The van der Waals surface area contributed by atoms with E-state index in [9.17, 15) is 14.3 Å². The van der Waals surface area contributed by atoms with Crippen LogP contribution in [0.3, 0.4) is 0 Å². The number of carbonyl (C=O) groups excluding carboxylic acids is 1. The Bertz CT molecular complexity index is 1130. The average molecular weight is 439 g/mol. The number of aliphatic hydroxyl groups excluding tert-OH is 2. The fraction of sp³-hybridized carbons (Fsp3) is 0.348. The molecule has 4 rings (SSSR count). The van der Waals surface area contributed by atoms with E-state index in [-0.39, 0.29) is 24.8 Å². The lowest BCUT2D eigenvalue weighted by atomic mass is 9.96. The minimum atomic E-state index is -0.552. The fourth-order valence-electron chi connectivity index (χ4n) is 3.52. The zero-order chi connectivity index (χ0) is 22.7. The van der Waals surface area contributed by atoms with Crippen molar-refractivity contribution in [2.24, 2.45) is 0 Å². The summed E-state index contributed by atoms with van der Waals surface area (Å²) in [6, 6.07) is 4.97. The summed E-state index contributed by atoms with van der Waals surface area (Å²) < 4.78 is 16.2. The van der Waals surface area contributed by atoms with Crippen LogP contribution in [0.15, 0.2) is 36.8 Å². The number of anilines is 1. The Labute approximate surface area is 185 Å². The highest BCUT2D eigenvalue weighted by atomic mass is 19.1. The second kappa shape index (κ2) is 9.46. The maximum atomic E-state index is 14.5. The van der Waals surface area contributed by atoms with Crippen molar-refractivity contribution in [2.75, 3.05) is 25.1 Å². The first-order valence-corrected chi connectivity index (χ1v) is 10.6. The van der Waals surface area contributed by atoms with Crippen LogP contribution >= 0.6 is 0 Å². The number of hydrogen-bond acceptors (Lipinski definition) is 6. The molecule has 0 bridgehead atoms. The van der Waals surface area contributed by atoms with Crippen LogP contribution in [0.4, 0.5) is 10.2 Å². The van der Waals surface area contributed by atoms with Gasteiger partial charge in [-0.25, -0.2) is 9.37 Å². The van der Waals surface area contributed by atoms with Crippen molar-refractivity contribution >= 4 is 11.7 Å². The molecule has 1 saturated carbocycles. The van der Waals surface area contributed by atoms with Gasteiger partial charge >= 0.3 is 0 Å². The summed E-state index contributed by atoms with van der Waals surface area (Å²) in [6.45, 7) is 2.39. The van der Waals surface area contributed by atoms with Crippen LogP contribution in [0, 0.1) is 12.7 Å². The quantitative estimate of drug-likeness (QED) is 0.407. The summed E-state index contributed by atoms with van der Waals surface area (Å²) in [5.74, 6) is -0.396. The van der Waals surface area contributed by atoms with E-state index in [1.165, 1.54) is 6.07 Å². The summed E-state index contributed by atoms with van der Waals surface area (Å²) in [4.78, 5) is 17.0. The SMILES string of the molecule is Cc1cc(F)c(C(=O)NC2CC2)cc1-c1cnc(NCCO)c(-c2cnn(CCO)c2)c1. The highest BCUT2D eigenvalue weighted by Crippen LogP contribution is 2.33. The number of rotatable bonds is 9. The van der Waals surface area contributed by atoms with Crippen LogP contribution in [-0.2, 0) is 6.54 Å². The van der Waals surface area contributed by atoms with Crippen molar-refractivity contribution in [1.82, 2.24) is 20.1 Å². The minimum absolute atomic E-state index is 0.0114. The average Bonchev–Trinajstić information content (AvgIpc) is 3.47. The predicted octanol–water partition coefficient (Wildman–Crippen LogP) is 2.35. The van der Waals surface area contributed by atoms with E-state index in [1.807, 2.05) is 6.07 Å². The Kier molecular flexibility index (Phi) is 6.48. The number of benzene rings is 1. The first-order chi connectivity index (χ1) is 15.5. The Morgan fingerprint density at radius 2 is 1.97 bits per heavy atom. The Balaban J connectivity index is 1.75. The van der Waals surface area contributed by atoms with Crippen LogP contribution in [0.2, 0.25) is 0 Å². The van der Waals surface area contributed by atoms with E-state index in [1.54, 1.807) is 36.3 Å². The van der Waals surface area contributed by atoms with Crippen LogP contribution in [0.1, 0.15) is 28.8 Å². The number of aliphatic hydroxyl groups is 2. The van der Waals surface area contributed by atoms with Crippen molar-refractivity contribution in [3.8, 4) is 22.3 Å². The molecule has 4 N–H and O–H groups in total. The van der Waals surface area contributed by atoms with E-state index < -0.39 is 11.7 Å². The second-order valence-electron chi connectivity index (χ2n) is 7.88. The van der Waals surface area contributed by atoms with Gasteiger partial charge in [0, 0.05) is 41.7 Å². The molecule has 0 aliphatic heterocycles. The molecule has 1 fully saturated rings. The summed E-state index contributed by atoms with van der Waals surface area (Å²) >= 11 is 0. The van der Waals surface area contributed by atoms with Gasteiger partial charge in [0.25, 0.3) is 5.91 Å². The van der Waals surface area contributed by atoms with Crippen molar-refractivity contribution < 1.29 is 19.4 Å². The monoisotopic (exact) mass is 439 g/mol. The van der Waals surface area contributed by atoms with Crippen LogP contribution in [-0.4, -0.2) is 56.7 Å². The molecule has 8 nitrogen and oxygen atoms in total. The lowest BCUT2D eigenvalue weighted by Crippen LogP contribution is -2.26. The molecule has 3 aromatic rings. The highest BCUT2D eigenvalue weighted by Gasteiger charge is 2.25. The number of hydrogen-bond donors (Lipinski definition) is 4. The molecule has 2 heterocycles. The molecule has 1 aliphatic carbocycles. The van der Waals surface area contributed by atoms with Crippen molar-refractivity contribution in [2.45, 2.75) is 32.4 Å². The standard InChI is InChI=1S/C23H26FN5O3/c1-14-8-21(24)20(23(32)28-17-2-3-17)10-18(14)15-9-19(22(26-11-15)25-4-6-30)16-12-27-29(13-16)5-7-31/h8-13,17,30-31H,2-7H2,1H3,(H,25,26)(H,28,32). The number of amides is 1. The molecule has 1 amide bonds. The van der Waals surface area contributed by atoms with Gasteiger partial charge in [0.05, 0.1) is 31.5 Å². The summed E-state index contributed by atoms with van der Waals surface area (Å²) in [5, 5.41) is 28.5. The lowest BCUT2D eigenvalue weighted by molar-refractivity contribution is 0.0947. The zero-order valence-corrected chi connectivity index (χ0v) is 17.8. The molecule has 0 atom stereocenters. The normalized spacial score (nSPS) is 13.2. The molecule has 9 heteroatoms. The van der Waals surface area contributed by atoms with Crippen LogP contribution < -0.4 is 10.6 Å². The van der Waals surface area contributed by atoms with Gasteiger partial charge in [-0.05, 0) is 49.1 Å².